The number of hydrogen-bond acceptors (Lipinski definition) is 2. The number of benzene rings is 1. The molecule has 1 radical (unpaired) electrons. The molecule has 0 unspecified atom stereocenters. The molecular weight excluding hydrogens is 344 g/mol. The maximum Gasteiger partial charge on any atom is 0.302 e. The van der Waals surface area contributed by atoms with E-state index in [-0.39, 0.29) is 29.8 Å². The van der Waals surface area contributed by atoms with Gasteiger partial charge in [-0.3, -0.25) is 4.79 Å². The normalized spacial score (nSPS) is 19.6. The fourth-order valence-electron chi connectivity index (χ4n) is 2.73. The summed E-state index contributed by atoms with van der Waals surface area (Å²) in [5.41, 5.74) is -0.250. The van der Waals surface area contributed by atoms with Crippen LogP contribution in [0.25, 0.3) is 0 Å². The molecule has 133 valence electrons. The van der Waals surface area contributed by atoms with Gasteiger partial charge < -0.3 is 10.0 Å². The molecular formula is C19H20F2NO2S. The van der Waals surface area contributed by atoms with Crippen molar-refractivity contribution in [3.63, 3.8) is 0 Å². The van der Waals surface area contributed by atoms with E-state index in [4.69, 9.17) is 12.6 Å². The van der Waals surface area contributed by atoms with Gasteiger partial charge in [0.1, 0.15) is 6.10 Å². The van der Waals surface area contributed by atoms with Crippen LogP contribution >= 0.6 is 12.6 Å². The van der Waals surface area contributed by atoms with E-state index in [9.17, 15) is 18.7 Å². The second kappa shape index (κ2) is 9.02. The van der Waals surface area contributed by atoms with Crippen molar-refractivity contribution in [2.24, 2.45) is 0 Å². The van der Waals surface area contributed by atoms with E-state index < -0.39 is 12.0 Å². The highest BCUT2D eigenvalue weighted by atomic mass is 32.1. The van der Waals surface area contributed by atoms with Crippen LogP contribution in [0.2, 0.25) is 0 Å². The van der Waals surface area contributed by atoms with E-state index >= 15 is 0 Å². The van der Waals surface area contributed by atoms with Gasteiger partial charge in [0.2, 0.25) is 5.91 Å². The predicted octanol–water partition coefficient (Wildman–Crippen LogP) is 3.28. The van der Waals surface area contributed by atoms with Crippen molar-refractivity contribution in [1.29, 1.82) is 0 Å². The number of carbonyl (C=O) groups is 1. The van der Waals surface area contributed by atoms with Crippen molar-refractivity contribution in [2.45, 2.75) is 37.3 Å². The number of nitrogens with zero attached hydrogens (tertiary/aromatic N) is 1. The van der Waals surface area contributed by atoms with Crippen molar-refractivity contribution in [1.82, 2.24) is 4.90 Å². The first-order valence-corrected chi connectivity index (χ1v) is 8.67. The molecule has 1 N–H and O–H groups in total. The highest BCUT2D eigenvalue weighted by Crippen LogP contribution is 2.32. The van der Waals surface area contributed by atoms with E-state index in [2.05, 4.69) is 11.8 Å². The number of piperidine rings is 1. The van der Waals surface area contributed by atoms with Gasteiger partial charge in [0.05, 0.1) is 18.3 Å². The molecule has 2 rings (SSSR count). The lowest BCUT2D eigenvalue weighted by atomic mass is 9.98. The molecule has 0 saturated carbocycles. The number of rotatable bonds is 5. The lowest BCUT2D eigenvalue weighted by molar-refractivity contribution is -0.134. The molecule has 6 heteroatoms. The molecule has 1 aliphatic rings. The number of hydrogen-bond donors (Lipinski definition) is 1. The lowest BCUT2D eigenvalue weighted by Gasteiger charge is -2.32. The molecule has 1 heterocycles. The van der Waals surface area contributed by atoms with Crippen LogP contribution in [-0.4, -0.2) is 40.4 Å². The average molecular weight is 364 g/mol. The number of halogens is 2. The third-order valence-corrected chi connectivity index (χ3v) is 4.25. The molecule has 1 aromatic rings. The van der Waals surface area contributed by atoms with Crippen LogP contribution in [0.4, 0.5) is 8.78 Å². The van der Waals surface area contributed by atoms with Gasteiger partial charge in [-0.25, -0.2) is 0 Å². The monoisotopic (exact) mass is 364 g/mol. The SMILES string of the molecule is O=C1CCC[C@H](/C=C/[C@@H](O)C(F)(F)c2ccccc2)N1CC#CC[S]. The minimum Gasteiger partial charge on any atom is -0.382 e. The molecule has 1 saturated heterocycles. The maximum atomic E-state index is 14.3. The van der Waals surface area contributed by atoms with Crippen LogP contribution in [0.3, 0.4) is 0 Å². The Balaban J connectivity index is 2.10. The molecule has 0 spiro atoms. The third-order valence-electron chi connectivity index (χ3n) is 4.10. The fraction of sp³-hybridized carbons (Fsp3) is 0.421. The second-order valence-corrected chi connectivity index (χ2v) is 6.09. The minimum atomic E-state index is -3.40. The zero-order valence-corrected chi connectivity index (χ0v) is 14.5. The number of aliphatic hydroxyl groups is 1. The summed E-state index contributed by atoms with van der Waals surface area (Å²) in [5.74, 6) is 2.36. The van der Waals surface area contributed by atoms with Crippen LogP contribution in [0.1, 0.15) is 24.8 Å². The van der Waals surface area contributed by atoms with Gasteiger partial charge in [-0.1, -0.05) is 67.0 Å². The van der Waals surface area contributed by atoms with E-state index in [0.717, 1.165) is 6.08 Å². The highest BCUT2D eigenvalue weighted by Gasteiger charge is 2.39. The fourth-order valence-corrected chi connectivity index (χ4v) is 2.83. The number of amides is 1. The number of alkyl halides is 2. The van der Waals surface area contributed by atoms with Gasteiger partial charge >= 0.3 is 5.92 Å². The van der Waals surface area contributed by atoms with E-state index in [1.165, 1.54) is 30.3 Å². The van der Waals surface area contributed by atoms with Crippen LogP contribution in [0.5, 0.6) is 0 Å². The molecule has 1 amide bonds. The van der Waals surface area contributed by atoms with Gasteiger partial charge in [-0.2, -0.15) is 8.78 Å². The number of carbonyl (C=O) groups excluding carboxylic acids is 1. The quantitative estimate of drug-likeness (QED) is 0.643. The van der Waals surface area contributed by atoms with Crippen LogP contribution < -0.4 is 0 Å². The largest absolute Gasteiger partial charge is 0.382 e. The van der Waals surface area contributed by atoms with Gasteiger partial charge in [0, 0.05) is 12.0 Å². The molecule has 1 fully saturated rings. The predicted molar refractivity (Wildman–Crippen MR) is 95.1 cm³/mol. The molecule has 0 aromatic heterocycles. The Kier molecular flexibility index (Phi) is 7.03. The molecule has 1 aliphatic heterocycles. The summed E-state index contributed by atoms with van der Waals surface area (Å²) in [6, 6.07) is 6.84. The molecule has 1 aromatic carbocycles. The Morgan fingerprint density at radius 2 is 2.08 bits per heavy atom. The summed E-state index contributed by atoms with van der Waals surface area (Å²) in [4.78, 5) is 13.6. The van der Waals surface area contributed by atoms with Crippen molar-refractivity contribution < 1.29 is 18.7 Å². The minimum absolute atomic E-state index is 0.0659. The van der Waals surface area contributed by atoms with E-state index in [1.54, 1.807) is 11.0 Å². The maximum absolute atomic E-state index is 14.3. The highest BCUT2D eigenvalue weighted by molar-refractivity contribution is 7.80. The summed E-state index contributed by atoms with van der Waals surface area (Å²) in [5, 5.41) is 9.95. The first-order valence-electron chi connectivity index (χ1n) is 8.10. The van der Waals surface area contributed by atoms with Crippen LogP contribution in [0, 0.1) is 11.8 Å². The van der Waals surface area contributed by atoms with Crippen LogP contribution in [-0.2, 0) is 10.7 Å². The van der Waals surface area contributed by atoms with Gasteiger partial charge in [-0.05, 0) is 12.8 Å². The smallest absolute Gasteiger partial charge is 0.302 e. The topological polar surface area (TPSA) is 40.5 Å². The second-order valence-electron chi connectivity index (χ2n) is 5.80. The first kappa shape index (κ1) is 19.5. The average Bonchev–Trinajstić information content (AvgIpc) is 2.62. The van der Waals surface area contributed by atoms with E-state index in [1.807, 2.05) is 0 Å². The Morgan fingerprint density at radius 3 is 2.76 bits per heavy atom. The summed E-state index contributed by atoms with van der Waals surface area (Å²) in [7, 11) is 0. The molecule has 0 bridgehead atoms. The van der Waals surface area contributed by atoms with Crippen molar-refractivity contribution >= 4 is 18.5 Å². The van der Waals surface area contributed by atoms with Gasteiger partial charge in [0.15, 0.2) is 0 Å². The van der Waals surface area contributed by atoms with Crippen LogP contribution in [0.15, 0.2) is 42.5 Å². The number of aliphatic hydroxyl groups excluding tert-OH is 1. The van der Waals surface area contributed by atoms with Gasteiger partial charge in [-0.15, -0.1) is 0 Å². The summed E-state index contributed by atoms with van der Waals surface area (Å²) < 4.78 is 28.6. The van der Waals surface area contributed by atoms with Crippen molar-refractivity contribution in [3.05, 3.63) is 48.0 Å². The van der Waals surface area contributed by atoms with Gasteiger partial charge in [0.25, 0.3) is 0 Å². The zero-order valence-electron chi connectivity index (χ0n) is 13.7. The molecule has 25 heavy (non-hydrogen) atoms. The molecule has 3 nitrogen and oxygen atoms in total. The Labute approximate surface area is 152 Å². The summed E-state index contributed by atoms with van der Waals surface area (Å²) in [6.07, 6.45) is 2.35. The Morgan fingerprint density at radius 1 is 1.36 bits per heavy atom. The molecule has 0 aliphatic carbocycles. The summed E-state index contributed by atoms with van der Waals surface area (Å²) >= 11 is 4.74. The standard InChI is InChI=1S/C19H20F2NO2S/c20-19(21,15-7-2-1-3-8-15)17(23)12-11-16-9-6-10-18(24)22(16)13-4-5-14-25/h1-3,7-8,11-12,16-17,23H,6,9-10,13-14H2/b12-11+/t16-,17-/m1/s1. The lowest BCUT2D eigenvalue weighted by Crippen LogP contribution is -2.43. The third kappa shape index (κ3) is 5.07. The molecule has 2 atom stereocenters. The van der Waals surface area contributed by atoms with E-state index in [0.29, 0.717) is 19.3 Å². The Bertz CT molecular complexity index is 667. The van der Waals surface area contributed by atoms with Crippen molar-refractivity contribution in [2.75, 3.05) is 12.3 Å². The number of likely N-dealkylation sites (tertiary alicyclic amines) is 1. The van der Waals surface area contributed by atoms with Crippen molar-refractivity contribution in [3.8, 4) is 11.8 Å². The Hall–Kier alpha value is -1.84. The first-order chi connectivity index (χ1) is 12.0. The zero-order chi connectivity index (χ0) is 18.3. The summed E-state index contributed by atoms with van der Waals surface area (Å²) in [6.45, 7) is 0.218.